The molecule has 0 amide bonds. The van der Waals surface area contributed by atoms with Crippen molar-refractivity contribution < 1.29 is 0 Å². The number of allylic oxidation sites excluding steroid dienone is 5. The van der Waals surface area contributed by atoms with E-state index in [4.69, 9.17) is 0 Å². The molecule has 2 aliphatic rings. The quantitative estimate of drug-likeness (QED) is 0.147. The average Bonchev–Trinajstić information content (AvgIpc) is 3.54. The molecule has 0 N–H and O–H groups in total. The highest BCUT2D eigenvalue weighted by Gasteiger charge is 2.26. The number of anilines is 2. The molecular weight excluding hydrogens is 699 g/mol. The lowest BCUT2D eigenvalue weighted by Crippen LogP contribution is -2.31. The lowest BCUT2D eigenvalue weighted by atomic mass is 9.88. The third-order valence-corrected chi connectivity index (χ3v) is 11.7. The number of hydrogen-bond acceptors (Lipinski definition) is 1. The van der Waals surface area contributed by atoms with Crippen LogP contribution in [0.25, 0.3) is 78.0 Å². The molecule has 58 heavy (non-hydrogen) atoms. The van der Waals surface area contributed by atoms with Crippen LogP contribution in [-0.4, -0.2) is 6.04 Å². The number of hydrogen-bond donors (Lipinski definition) is 0. The Labute approximate surface area is 342 Å². The van der Waals surface area contributed by atoms with Gasteiger partial charge < -0.3 is 4.90 Å². The van der Waals surface area contributed by atoms with Crippen molar-refractivity contribution in [1.82, 2.24) is 0 Å². The second-order valence-corrected chi connectivity index (χ2v) is 14.8. The molecule has 1 unspecified atom stereocenters. The molecule has 0 aromatic heterocycles. The van der Waals surface area contributed by atoms with Gasteiger partial charge in [0.2, 0.25) is 0 Å². The fraction of sp³-hybridized carbons (Fsp3) is 0.0877. The van der Waals surface area contributed by atoms with Crippen LogP contribution in [0.2, 0.25) is 0 Å². The normalized spacial score (nSPS) is 14.4. The Morgan fingerprint density at radius 1 is 0.586 bits per heavy atom. The molecule has 280 valence electrons. The van der Waals surface area contributed by atoms with E-state index in [9.17, 15) is 0 Å². The molecule has 0 fully saturated rings. The van der Waals surface area contributed by atoms with Crippen molar-refractivity contribution in [1.29, 1.82) is 0 Å². The summed E-state index contributed by atoms with van der Waals surface area (Å²) in [5.74, 6) is 0. The van der Waals surface area contributed by atoms with Gasteiger partial charge in [-0.05, 0) is 114 Å². The maximum atomic E-state index is 4.15. The Morgan fingerprint density at radius 2 is 1.22 bits per heavy atom. The van der Waals surface area contributed by atoms with E-state index in [1.807, 2.05) is 26.0 Å². The zero-order valence-electron chi connectivity index (χ0n) is 33.3. The maximum Gasteiger partial charge on any atom is 0.0572 e. The van der Waals surface area contributed by atoms with Gasteiger partial charge in [-0.3, -0.25) is 0 Å². The van der Waals surface area contributed by atoms with Crippen LogP contribution in [0.15, 0.2) is 189 Å². The van der Waals surface area contributed by atoms with E-state index in [-0.39, 0.29) is 6.04 Å². The van der Waals surface area contributed by atoms with Crippen LogP contribution in [0.4, 0.5) is 11.4 Å². The van der Waals surface area contributed by atoms with Gasteiger partial charge >= 0.3 is 0 Å². The van der Waals surface area contributed by atoms with Crippen LogP contribution in [0.1, 0.15) is 48.1 Å². The zero-order chi connectivity index (χ0) is 39.6. The van der Waals surface area contributed by atoms with Crippen molar-refractivity contribution in [2.45, 2.75) is 32.7 Å². The third-order valence-electron chi connectivity index (χ3n) is 11.7. The molecule has 0 spiro atoms. The van der Waals surface area contributed by atoms with Gasteiger partial charge in [0.1, 0.15) is 0 Å². The van der Waals surface area contributed by atoms with Crippen LogP contribution in [0, 0.1) is 0 Å². The molecule has 8 aromatic carbocycles. The third kappa shape index (κ3) is 6.39. The molecule has 0 heterocycles. The Kier molecular flexibility index (Phi) is 10.0. The van der Waals surface area contributed by atoms with E-state index in [0.29, 0.717) is 0 Å². The molecule has 0 saturated carbocycles. The molecule has 8 aromatic rings. The van der Waals surface area contributed by atoms with E-state index < -0.39 is 0 Å². The lowest BCUT2D eigenvalue weighted by Gasteiger charge is -2.36. The summed E-state index contributed by atoms with van der Waals surface area (Å²) in [6, 6.07) is 51.4. The first kappa shape index (κ1) is 36.7. The molecular formula is C57H47N. The molecule has 1 heteroatoms. The minimum Gasteiger partial charge on any atom is -0.333 e. The van der Waals surface area contributed by atoms with Gasteiger partial charge in [-0.2, -0.15) is 0 Å². The number of fused-ring (bicyclic) bond motifs is 6. The maximum absolute atomic E-state index is 4.15. The standard InChI is InChI=1S/C55H41N.C2H6/c1-3-37-35-53(51-24-14-12-22-49(51)45(37)4-2)38-26-30-43(31-27-38)56(55-47-20-7-5-6-16-40(47)34-41-17-9-11-21-48(41)55)44-32-28-39(29-33-44)54-36-42-18-8-10-19-46(42)50-23-13-15-25-52(50)54;1-2/h3-15,17-32,34-36,44H,1-2,16,33H2;1-2H3. The first-order chi connectivity index (χ1) is 28.7. The van der Waals surface area contributed by atoms with Crippen molar-refractivity contribution in [3.8, 4) is 11.1 Å². The second kappa shape index (κ2) is 15.9. The van der Waals surface area contributed by atoms with Crippen LogP contribution in [0.3, 0.4) is 0 Å². The van der Waals surface area contributed by atoms with Crippen molar-refractivity contribution in [2.75, 3.05) is 4.90 Å². The van der Waals surface area contributed by atoms with Gasteiger partial charge in [0, 0.05) is 16.6 Å². The smallest absolute Gasteiger partial charge is 0.0572 e. The molecule has 1 nitrogen and oxygen atoms in total. The minimum atomic E-state index is 0.0934. The topological polar surface area (TPSA) is 3.24 Å². The van der Waals surface area contributed by atoms with E-state index in [1.54, 1.807) is 0 Å². The van der Waals surface area contributed by atoms with E-state index >= 15 is 0 Å². The van der Waals surface area contributed by atoms with Gasteiger partial charge in [-0.1, -0.05) is 197 Å². The summed E-state index contributed by atoms with van der Waals surface area (Å²) in [5, 5.41) is 10.1. The van der Waals surface area contributed by atoms with Crippen LogP contribution >= 0.6 is 0 Å². The van der Waals surface area contributed by atoms with Gasteiger partial charge in [0.05, 0.1) is 11.7 Å². The Bertz CT molecular complexity index is 3000. The molecule has 0 aliphatic heterocycles. The Balaban J connectivity index is 0.00000215. The van der Waals surface area contributed by atoms with Crippen molar-refractivity contribution in [3.63, 3.8) is 0 Å². The summed E-state index contributed by atoms with van der Waals surface area (Å²) in [6.45, 7) is 12.3. The summed E-state index contributed by atoms with van der Waals surface area (Å²) < 4.78 is 0. The van der Waals surface area contributed by atoms with Crippen molar-refractivity contribution in [3.05, 3.63) is 217 Å². The highest BCUT2D eigenvalue weighted by atomic mass is 15.2. The van der Waals surface area contributed by atoms with Crippen LogP contribution in [-0.2, 0) is 6.42 Å². The second-order valence-electron chi connectivity index (χ2n) is 14.8. The lowest BCUT2D eigenvalue weighted by molar-refractivity contribution is 0.788. The highest BCUT2D eigenvalue weighted by Crippen LogP contribution is 2.44. The Hall–Kier alpha value is -6.96. The largest absolute Gasteiger partial charge is 0.333 e. The van der Waals surface area contributed by atoms with Crippen molar-refractivity contribution >= 4 is 78.3 Å². The number of nitrogens with zero attached hydrogens (tertiary/aromatic N) is 1. The van der Waals surface area contributed by atoms with Gasteiger partial charge in [-0.15, -0.1) is 0 Å². The van der Waals surface area contributed by atoms with Gasteiger partial charge in [0.15, 0.2) is 0 Å². The van der Waals surface area contributed by atoms with Crippen LogP contribution < -0.4 is 4.90 Å². The number of benzene rings is 8. The average molecular weight is 746 g/mol. The summed E-state index contributed by atoms with van der Waals surface area (Å²) in [5.41, 5.74) is 12.2. The highest BCUT2D eigenvalue weighted by molar-refractivity contribution is 6.13. The van der Waals surface area contributed by atoms with Gasteiger partial charge in [-0.25, -0.2) is 0 Å². The summed E-state index contributed by atoms with van der Waals surface area (Å²) >= 11 is 0. The number of rotatable bonds is 7. The first-order valence-electron chi connectivity index (χ1n) is 20.6. The predicted octanol–water partition coefficient (Wildman–Crippen LogP) is 16.0. The fourth-order valence-electron chi connectivity index (χ4n) is 9.08. The van der Waals surface area contributed by atoms with E-state index in [1.165, 1.54) is 82.2 Å². The fourth-order valence-corrected chi connectivity index (χ4v) is 9.08. The molecule has 0 bridgehead atoms. The minimum absolute atomic E-state index is 0.0934. The summed E-state index contributed by atoms with van der Waals surface area (Å²) in [7, 11) is 0. The van der Waals surface area contributed by atoms with E-state index in [0.717, 1.165) is 29.7 Å². The molecule has 0 radical (unpaired) electrons. The molecule has 2 aliphatic carbocycles. The van der Waals surface area contributed by atoms with Crippen molar-refractivity contribution in [2.24, 2.45) is 0 Å². The molecule has 10 rings (SSSR count). The summed E-state index contributed by atoms with van der Waals surface area (Å²) in [4.78, 5) is 2.59. The Morgan fingerprint density at radius 3 is 1.91 bits per heavy atom. The monoisotopic (exact) mass is 745 g/mol. The molecule has 1 atom stereocenters. The van der Waals surface area contributed by atoms with Crippen LogP contribution in [0.5, 0.6) is 0 Å². The predicted molar refractivity (Wildman–Crippen MR) is 256 cm³/mol. The first-order valence-corrected chi connectivity index (χ1v) is 20.6. The SMILES string of the molecule is C=Cc1cc(-c2ccc(N(c3c4c(cc5ccccc35)CC=CC=C4)C3C=CC(c4cc5ccccc5c5ccccc45)=CC3)cc2)c2ccccc2c1C=C.CC. The zero-order valence-corrected chi connectivity index (χ0v) is 33.3. The summed E-state index contributed by atoms with van der Waals surface area (Å²) in [6.07, 6.45) is 21.8. The van der Waals surface area contributed by atoms with E-state index in [2.05, 4.69) is 200 Å². The van der Waals surface area contributed by atoms with Gasteiger partial charge in [0.25, 0.3) is 0 Å². The molecule has 0 saturated heterocycles.